The van der Waals surface area contributed by atoms with Crippen molar-refractivity contribution in [3.63, 3.8) is 0 Å². The average molecular weight is 270 g/mol. The van der Waals surface area contributed by atoms with E-state index in [4.69, 9.17) is 9.84 Å². The Labute approximate surface area is 109 Å². The first-order valence-corrected chi connectivity index (χ1v) is 5.70. The van der Waals surface area contributed by atoms with Crippen molar-refractivity contribution in [1.29, 1.82) is 0 Å². The molecule has 0 aliphatic rings. The molecule has 0 aliphatic heterocycles. The molecule has 19 heavy (non-hydrogen) atoms. The Kier molecular flexibility index (Phi) is 5.74. The minimum atomic E-state index is -1.23. The number of benzene rings is 1. The van der Waals surface area contributed by atoms with E-state index in [2.05, 4.69) is 10.6 Å². The van der Waals surface area contributed by atoms with Gasteiger partial charge in [0.1, 0.15) is 5.82 Å². The number of ether oxygens (including phenoxy) is 1. The maximum absolute atomic E-state index is 13.5. The Morgan fingerprint density at radius 1 is 1.42 bits per heavy atom. The number of carbonyl (C=O) groups is 2. The van der Waals surface area contributed by atoms with Crippen LogP contribution in [0.15, 0.2) is 18.2 Å². The number of anilines is 1. The van der Waals surface area contributed by atoms with Crippen molar-refractivity contribution in [2.24, 2.45) is 0 Å². The van der Waals surface area contributed by atoms with Crippen molar-refractivity contribution in [3.05, 3.63) is 29.6 Å². The lowest BCUT2D eigenvalue weighted by molar-refractivity contribution is 0.0696. The van der Waals surface area contributed by atoms with Gasteiger partial charge in [-0.25, -0.2) is 14.0 Å². The highest BCUT2D eigenvalue weighted by Crippen LogP contribution is 2.15. The number of carbonyl (C=O) groups excluding carboxylic acids is 1. The van der Waals surface area contributed by atoms with Crippen LogP contribution in [0.5, 0.6) is 0 Å². The monoisotopic (exact) mass is 270 g/mol. The second kappa shape index (κ2) is 7.32. The highest BCUT2D eigenvalue weighted by Gasteiger charge is 2.10. The van der Waals surface area contributed by atoms with Crippen molar-refractivity contribution < 1.29 is 23.8 Å². The van der Waals surface area contributed by atoms with Crippen LogP contribution in [0, 0.1) is 5.82 Å². The molecule has 3 N–H and O–H groups in total. The first kappa shape index (κ1) is 14.9. The van der Waals surface area contributed by atoms with E-state index in [0.717, 1.165) is 6.07 Å². The summed E-state index contributed by atoms with van der Waals surface area (Å²) in [5.41, 5.74) is -0.265. The van der Waals surface area contributed by atoms with Gasteiger partial charge < -0.3 is 20.5 Å². The van der Waals surface area contributed by atoms with Crippen LogP contribution >= 0.6 is 0 Å². The summed E-state index contributed by atoms with van der Waals surface area (Å²) in [4.78, 5) is 22.0. The van der Waals surface area contributed by atoms with Crippen LogP contribution in [0.2, 0.25) is 0 Å². The van der Waals surface area contributed by atoms with Crippen molar-refractivity contribution in [2.75, 3.05) is 25.1 Å². The fourth-order valence-electron chi connectivity index (χ4n) is 1.30. The van der Waals surface area contributed by atoms with Crippen molar-refractivity contribution in [1.82, 2.24) is 5.32 Å². The lowest BCUT2D eigenvalue weighted by atomic mass is 10.2. The molecule has 0 radical (unpaired) electrons. The van der Waals surface area contributed by atoms with Gasteiger partial charge in [0.05, 0.1) is 17.9 Å². The Morgan fingerprint density at radius 2 is 2.16 bits per heavy atom. The Balaban J connectivity index is 2.52. The number of urea groups is 1. The Bertz CT molecular complexity index is 465. The standard InChI is InChI=1S/C12H15FN2O4/c1-2-19-6-5-14-12(18)15-10-4-3-8(11(16)17)7-9(10)13/h3-4,7H,2,5-6H2,1H3,(H,16,17)(H2,14,15,18). The summed E-state index contributed by atoms with van der Waals surface area (Å²) < 4.78 is 18.5. The zero-order chi connectivity index (χ0) is 14.3. The maximum Gasteiger partial charge on any atom is 0.335 e. The van der Waals surface area contributed by atoms with Gasteiger partial charge in [0, 0.05) is 13.2 Å². The van der Waals surface area contributed by atoms with Crippen LogP contribution in [0.3, 0.4) is 0 Å². The topological polar surface area (TPSA) is 87.7 Å². The SMILES string of the molecule is CCOCCNC(=O)Nc1ccc(C(=O)O)cc1F. The third kappa shape index (κ3) is 4.92. The van der Waals surface area contributed by atoms with Crippen LogP contribution in [0.25, 0.3) is 0 Å². The molecule has 1 aromatic carbocycles. The third-order valence-corrected chi connectivity index (χ3v) is 2.20. The van der Waals surface area contributed by atoms with Gasteiger partial charge in [-0.05, 0) is 25.1 Å². The number of halogens is 1. The van der Waals surface area contributed by atoms with E-state index in [1.54, 1.807) is 0 Å². The first-order valence-electron chi connectivity index (χ1n) is 5.70. The number of nitrogens with one attached hydrogen (secondary N) is 2. The normalized spacial score (nSPS) is 10.0. The molecule has 104 valence electrons. The number of aromatic carboxylic acids is 1. The molecule has 0 spiro atoms. The van der Waals surface area contributed by atoms with Crippen molar-refractivity contribution in [2.45, 2.75) is 6.92 Å². The molecule has 0 aromatic heterocycles. The molecule has 7 heteroatoms. The molecule has 0 unspecified atom stereocenters. The van der Waals surface area contributed by atoms with E-state index in [0.29, 0.717) is 19.8 Å². The van der Waals surface area contributed by atoms with E-state index < -0.39 is 17.8 Å². The predicted molar refractivity (Wildman–Crippen MR) is 66.9 cm³/mol. The largest absolute Gasteiger partial charge is 0.478 e. The molecular formula is C12H15FN2O4. The van der Waals surface area contributed by atoms with E-state index in [1.807, 2.05) is 6.92 Å². The fraction of sp³-hybridized carbons (Fsp3) is 0.333. The van der Waals surface area contributed by atoms with E-state index in [9.17, 15) is 14.0 Å². The van der Waals surface area contributed by atoms with Crippen LogP contribution in [-0.4, -0.2) is 36.9 Å². The summed E-state index contributed by atoms with van der Waals surface area (Å²) in [7, 11) is 0. The predicted octanol–water partition coefficient (Wildman–Crippen LogP) is 1.68. The molecule has 0 atom stereocenters. The number of hydrogen-bond donors (Lipinski definition) is 3. The summed E-state index contributed by atoms with van der Waals surface area (Å²) in [6.07, 6.45) is 0. The van der Waals surface area contributed by atoms with Crippen LogP contribution in [0.4, 0.5) is 14.9 Å². The highest BCUT2D eigenvalue weighted by molar-refractivity contribution is 5.91. The molecule has 0 saturated heterocycles. The average Bonchev–Trinajstić information content (AvgIpc) is 2.37. The number of carboxylic acids is 1. The highest BCUT2D eigenvalue weighted by atomic mass is 19.1. The second-order valence-corrected chi connectivity index (χ2v) is 3.58. The summed E-state index contributed by atoms with van der Waals surface area (Å²) in [5, 5.41) is 13.4. The molecule has 0 aliphatic carbocycles. The molecule has 0 saturated carbocycles. The summed E-state index contributed by atoms with van der Waals surface area (Å²) in [5.74, 6) is -2.04. The minimum absolute atomic E-state index is 0.0843. The molecular weight excluding hydrogens is 255 g/mol. The van der Waals surface area contributed by atoms with Gasteiger partial charge in [-0.3, -0.25) is 0 Å². The zero-order valence-corrected chi connectivity index (χ0v) is 10.4. The van der Waals surface area contributed by atoms with Gasteiger partial charge in [-0.1, -0.05) is 0 Å². The van der Waals surface area contributed by atoms with E-state index in [1.165, 1.54) is 12.1 Å². The maximum atomic E-state index is 13.5. The molecule has 0 fully saturated rings. The van der Waals surface area contributed by atoms with E-state index >= 15 is 0 Å². The Hall–Kier alpha value is -2.15. The molecule has 0 bridgehead atoms. The Morgan fingerprint density at radius 3 is 2.74 bits per heavy atom. The number of amides is 2. The molecule has 2 amide bonds. The van der Waals surface area contributed by atoms with Crippen LogP contribution < -0.4 is 10.6 Å². The zero-order valence-electron chi connectivity index (χ0n) is 10.4. The summed E-state index contributed by atoms with van der Waals surface area (Å²) in [6, 6.07) is 2.67. The van der Waals surface area contributed by atoms with Crippen molar-refractivity contribution in [3.8, 4) is 0 Å². The van der Waals surface area contributed by atoms with E-state index in [-0.39, 0.29) is 11.3 Å². The summed E-state index contributed by atoms with van der Waals surface area (Å²) >= 11 is 0. The lowest BCUT2D eigenvalue weighted by Crippen LogP contribution is -2.31. The third-order valence-electron chi connectivity index (χ3n) is 2.20. The number of carboxylic acid groups (broad SMARTS) is 1. The fourth-order valence-corrected chi connectivity index (χ4v) is 1.30. The van der Waals surface area contributed by atoms with Gasteiger partial charge in [-0.2, -0.15) is 0 Å². The summed E-state index contributed by atoms with van der Waals surface area (Å²) in [6.45, 7) is 3.05. The molecule has 0 heterocycles. The molecule has 6 nitrogen and oxygen atoms in total. The second-order valence-electron chi connectivity index (χ2n) is 3.58. The quantitative estimate of drug-likeness (QED) is 0.686. The lowest BCUT2D eigenvalue weighted by Gasteiger charge is -2.08. The van der Waals surface area contributed by atoms with Crippen LogP contribution in [0.1, 0.15) is 17.3 Å². The first-order chi connectivity index (χ1) is 9.04. The van der Waals surface area contributed by atoms with Crippen LogP contribution in [-0.2, 0) is 4.74 Å². The van der Waals surface area contributed by atoms with Gasteiger partial charge in [0.15, 0.2) is 0 Å². The molecule has 1 aromatic rings. The van der Waals surface area contributed by atoms with Gasteiger partial charge in [-0.15, -0.1) is 0 Å². The van der Waals surface area contributed by atoms with Gasteiger partial charge in [0.2, 0.25) is 0 Å². The van der Waals surface area contributed by atoms with Crippen molar-refractivity contribution >= 4 is 17.7 Å². The number of rotatable bonds is 6. The van der Waals surface area contributed by atoms with Gasteiger partial charge >= 0.3 is 12.0 Å². The molecule has 1 rings (SSSR count). The smallest absolute Gasteiger partial charge is 0.335 e. The minimum Gasteiger partial charge on any atom is -0.478 e. The number of hydrogen-bond acceptors (Lipinski definition) is 3. The van der Waals surface area contributed by atoms with Gasteiger partial charge in [0.25, 0.3) is 0 Å².